The Morgan fingerprint density at radius 3 is 3.14 bits per heavy atom. The smallest absolute Gasteiger partial charge is 0.253 e. The second kappa shape index (κ2) is 6.16. The van der Waals surface area contributed by atoms with Crippen molar-refractivity contribution in [2.45, 2.75) is 37.5 Å². The lowest BCUT2D eigenvalue weighted by Gasteiger charge is -2.20. The van der Waals surface area contributed by atoms with Crippen LogP contribution in [0.15, 0.2) is 17.2 Å². The zero-order valence-electron chi connectivity index (χ0n) is 12.8. The molecule has 0 saturated heterocycles. The fraction of sp³-hybridized carbons (Fsp3) is 0.533. The molecule has 2 aromatic heterocycles. The van der Waals surface area contributed by atoms with Crippen molar-refractivity contribution in [1.29, 1.82) is 0 Å². The predicted molar refractivity (Wildman–Crippen MR) is 88.4 cm³/mol. The van der Waals surface area contributed by atoms with Gasteiger partial charge in [0.1, 0.15) is 0 Å². The number of amides is 1. The summed E-state index contributed by atoms with van der Waals surface area (Å²) < 4.78 is 1.76. The summed E-state index contributed by atoms with van der Waals surface area (Å²) >= 11 is 1.90. The summed E-state index contributed by atoms with van der Waals surface area (Å²) in [7, 11) is 1.82. The molecule has 1 aliphatic carbocycles. The van der Waals surface area contributed by atoms with E-state index in [1.54, 1.807) is 10.9 Å². The minimum Gasteiger partial charge on any atom is -0.348 e. The summed E-state index contributed by atoms with van der Waals surface area (Å²) in [4.78, 5) is 31.2. The van der Waals surface area contributed by atoms with Gasteiger partial charge in [0, 0.05) is 24.4 Å². The molecule has 1 amide bonds. The van der Waals surface area contributed by atoms with Crippen LogP contribution in [0.4, 0.5) is 0 Å². The molecule has 0 aromatic carbocycles. The van der Waals surface area contributed by atoms with Crippen molar-refractivity contribution >= 4 is 28.8 Å². The fourth-order valence-electron chi connectivity index (χ4n) is 3.12. The van der Waals surface area contributed by atoms with Crippen molar-refractivity contribution in [2.75, 3.05) is 5.75 Å². The van der Waals surface area contributed by atoms with Crippen molar-refractivity contribution in [2.24, 2.45) is 7.05 Å². The van der Waals surface area contributed by atoms with Crippen LogP contribution < -0.4 is 10.9 Å². The van der Waals surface area contributed by atoms with E-state index in [4.69, 9.17) is 0 Å². The minimum atomic E-state index is -0.303. The van der Waals surface area contributed by atoms with Gasteiger partial charge in [-0.15, -0.1) is 0 Å². The molecule has 3 rings (SSSR count). The molecule has 6 nitrogen and oxygen atoms in total. The number of pyridine rings is 1. The van der Waals surface area contributed by atoms with E-state index in [0.29, 0.717) is 22.0 Å². The third-order valence-corrected chi connectivity index (χ3v) is 5.43. The molecule has 7 heteroatoms. The van der Waals surface area contributed by atoms with Crippen molar-refractivity contribution < 1.29 is 4.79 Å². The Kier molecular flexibility index (Phi) is 4.24. The molecule has 1 fully saturated rings. The number of nitrogens with one attached hydrogen (secondary N) is 2. The second-order valence-corrected chi connectivity index (χ2v) is 7.12. The Balaban J connectivity index is 1.89. The average molecular weight is 320 g/mol. The summed E-state index contributed by atoms with van der Waals surface area (Å²) in [5.41, 5.74) is 1.20. The molecule has 2 atom stereocenters. The number of hydrogen-bond donors (Lipinski definition) is 2. The fourth-order valence-corrected chi connectivity index (χ4v) is 4.31. The number of aromatic amines is 1. The Morgan fingerprint density at radius 2 is 2.36 bits per heavy atom. The molecule has 2 N–H and O–H groups in total. The first-order valence-corrected chi connectivity index (χ1v) is 8.62. The second-order valence-electron chi connectivity index (χ2n) is 5.60. The first-order valence-electron chi connectivity index (χ1n) is 7.57. The van der Waals surface area contributed by atoms with E-state index < -0.39 is 0 Å². The normalized spacial score (nSPS) is 21.4. The molecule has 118 valence electrons. The van der Waals surface area contributed by atoms with E-state index in [-0.39, 0.29) is 17.5 Å². The lowest BCUT2D eigenvalue weighted by Crippen LogP contribution is -2.39. The molecular formula is C15H20N4O2S. The van der Waals surface area contributed by atoms with Gasteiger partial charge in [0.25, 0.3) is 5.91 Å². The standard InChI is InChI=1S/C15H20N4O2S/c1-3-22-11-6-4-5-10(11)17-15(21)9-7-12(20)18-14-13(9)19(2)8-16-14/h7-8,10-11H,3-6H2,1-2H3,(H,17,21)(H,18,20). The summed E-state index contributed by atoms with van der Waals surface area (Å²) in [5.74, 6) is 0.863. The van der Waals surface area contributed by atoms with Crippen molar-refractivity contribution in [3.05, 3.63) is 28.3 Å². The van der Waals surface area contributed by atoms with Gasteiger partial charge in [-0.3, -0.25) is 9.59 Å². The Morgan fingerprint density at radius 1 is 1.55 bits per heavy atom. The molecule has 0 radical (unpaired) electrons. The largest absolute Gasteiger partial charge is 0.348 e. The third kappa shape index (κ3) is 2.77. The van der Waals surface area contributed by atoms with E-state index in [9.17, 15) is 9.59 Å². The SMILES string of the molecule is CCSC1CCCC1NC(=O)c1cc(=O)[nH]c2ncn(C)c12. The highest BCUT2D eigenvalue weighted by molar-refractivity contribution is 7.99. The molecular weight excluding hydrogens is 300 g/mol. The maximum absolute atomic E-state index is 12.7. The Bertz CT molecular complexity index is 752. The number of fused-ring (bicyclic) bond motifs is 1. The van der Waals surface area contributed by atoms with Crippen LogP contribution in [0, 0.1) is 0 Å². The molecule has 0 bridgehead atoms. The maximum atomic E-state index is 12.7. The zero-order chi connectivity index (χ0) is 15.7. The Hall–Kier alpha value is -1.76. The highest BCUT2D eigenvalue weighted by Gasteiger charge is 2.29. The number of carbonyl (C=O) groups is 1. The van der Waals surface area contributed by atoms with Gasteiger partial charge in [-0.05, 0) is 18.6 Å². The lowest BCUT2D eigenvalue weighted by atomic mass is 10.2. The number of aryl methyl sites for hydroxylation is 1. The molecule has 2 aromatic rings. The number of thioether (sulfide) groups is 1. The van der Waals surface area contributed by atoms with Crippen LogP contribution in [-0.2, 0) is 7.05 Å². The highest BCUT2D eigenvalue weighted by Crippen LogP contribution is 2.30. The number of nitrogens with zero attached hydrogens (tertiary/aromatic N) is 2. The van der Waals surface area contributed by atoms with Gasteiger partial charge in [-0.25, -0.2) is 4.98 Å². The first-order chi connectivity index (χ1) is 10.6. The summed E-state index contributed by atoms with van der Waals surface area (Å²) in [5, 5.41) is 3.58. The van der Waals surface area contributed by atoms with Crippen LogP contribution in [0.5, 0.6) is 0 Å². The quantitative estimate of drug-likeness (QED) is 0.898. The number of hydrogen-bond acceptors (Lipinski definition) is 4. The number of imidazole rings is 1. The molecule has 0 spiro atoms. The van der Waals surface area contributed by atoms with Gasteiger partial charge in [0.2, 0.25) is 5.56 Å². The van der Waals surface area contributed by atoms with E-state index >= 15 is 0 Å². The van der Waals surface area contributed by atoms with Crippen LogP contribution >= 0.6 is 11.8 Å². The van der Waals surface area contributed by atoms with Crippen LogP contribution in [0.25, 0.3) is 11.2 Å². The number of carbonyl (C=O) groups excluding carboxylic acids is 1. The van der Waals surface area contributed by atoms with E-state index in [1.165, 1.54) is 6.07 Å². The third-order valence-electron chi connectivity index (χ3n) is 4.10. The molecule has 2 unspecified atom stereocenters. The molecule has 22 heavy (non-hydrogen) atoms. The molecule has 0 aliphatic heterocycles. The topological polar surface area (TPSA) is 79.8 Å². The average Bonchev–Trinajstić information content (AvgIpc) is 3.06. The van der Waals surface area contributed by atoms with Crippen molar-refractivity contribution in [3.63, 3.8) is 0 Å². The van der Waals surface area contributed by atoms with Gasteiger partial charge in [0.05, 0.1) is 17.4 Å². The number of rotatable bonds is 4. The molecule has 1 aliphatic rings. The Labute approximate surface area is 132 Å². The molecule has 1 saturated carbocycles. The first kappa shape index (κ1) is 15.1. The summed E-state index contributed by atoms with van der Waals surface area (Å²) in [6.07, 6.45) is 4.88. The highest BCUT2D eigenvalue weighted by atomic mass is 32.2. The number of H-pyrrole nitrogens is 1. The zero-order valence-corrected chi connectivity index (χ0v) is 13.6. The lowest BCUT2D eigenvalue weighted by molar-refractivity contribution is 0.0940. The van der Waals surface area contributed by atoms with Gasteiger partial charge < -0.3 is 14.9 Å². The minimum absolute atomic E-state index is 0.181. The van der Waals surface area contributed by atoms with Crippen LogP contribution in [0.2, 0.25) is 0 Å². The van der Waals surface area contributed by atoms with Gasteiger partial charge in [0.15, 0.2) is 5.65 Å². The monoisotopic (exact) mass is 320 g/mol. The summed E-state index contributed by atoms with van der Waals surface area (Å²) in [6.45, 7) is 2.14. The van der Waals surface area contributed by atoms with E-state index in [0.717, 1.165) is 25.0 Å². The van der Waals surface area contributed by atoms with Crippen LogP contribution in [-0.4, -0.2) is 37.5 Å². The molecule has 2 heterocycles. The summed E-state index contributed by atoms with van der Waals surface area (Å²) in [6, 6.07) is 1.54. The van der Waals surface area contributed by atoms with E-state index in [1.807, 2.05) is 18.8 Å². The van der Waals surface area contributed by atoms with Gasteiger partial charge >= 0.3 is 0 Å². The van der Waals surface area contributed by atoms with Gasteiger partial charge in [-0.1, -0.05) is 13.3 Å². The van der Waals surface area contributed by atoms with Crippen molar-refractivity contribution in [3.8, 4) is 0 Å². The van der Waals surface area contributed by atoms with Crippen LogP contribution in [0.3, 0.4) is 0 Å². The maximum Gasteiger partial charge on any atom is 0.253 e. The predicted octanol–water partition coefficient (Wildman–Crippen LogP) is 1.67. The number of aromatic nitrogens is 3. The van der Waals surface area contributed by atoms with Crippen LogP contribution in [0.1, 0.15) is 36.5 Å². The van der Waals surface area contributed by atoms with Gasteiger partial charge in [-0.2, -0.15) is 11.8 Å². The van der Waals surface area contributed by atoms with E-state index in [2.05, 4.69) is 22.2 Å². The van der Waals surface area contributed by atoms with Crippen molar-refractivity contribution in [1.82, 2.24) is 19.9 Å².